The van der Waals surface area contributed by atoms with Crippen molar-refractivity contribution in [3.63, 3.8) is 0 Å². The molecule has 2 heterocycles. The molecule has 136 valence electrons. The molecule has 1 aliphatic rings. The summed E-state index contributed by atoms with van der Waals surface area (Å²) in [5.41, 5.74) is 2.80. The summed E-state index contributed by atoms with van der Waals surface area (Å²) in [6.07, 6.45) is 4.51. The Morgan fingerprint density at radius 1 is 1.27 bits per heavy atom. The van der Waals surface area contributed by atoms with Gasteiger partial charge in [0.1, 0.15) is 5.56 Å². The van der Waals surface area contributed by atoms with Gasteiger partial charge in [-0.3, -0.25) is 19.9 Å². The Kier molecular flexibility index (Phi) is 5.46. The molecule has 3 rings (SSSR count). The van der Waals surface area contributed by atoms with Gasteiger partial charge in [0.15, 0.2) is 0 Å². The quantitative estimate of drug-likeness (QED) is 0.636. The number of carbonyl (C=O) groups is 1. The van der Waals surface area contributed by atoms with Crippen LogP contribution in [0.25, 0.3) is 0 Å². The fourth-order valence-electron chi connectivity index (χ4n) is 3.06. The Morgan fingerprint density at radius 2 is 2.04 bits per heavy atom. The Balaban J connectivity index is 1.71. The minimum absolute atomic E-state index is 0.143. The second-order valence-corrected chi connectivity index (χ2v) is 6.47. The Morgan fingerprint density at radius 3 is 2.69 bits per heavy atom. The maximum Gasteiger partial charge on any atom is 0.282 e. The fraction of sp³-hybridized carbons (Fsp3) is 0.368. The molecule has 26 heavy (non-hydrogen) atoms. The molecule has 0 spiro atoms. The highest BCUT2D eigenvalue weighted by atomic mass is 16.6. The van der Waals surface area contributed by atoms with E-state index in [0.717, 1.165) is 30.5 Å². The highest BCUT2D eigenvalue weighted by molar-refractivity contribution is 5.99. The van der Waals surface area contributed by atoms with E-state index in [1.54, 1.807) is 17.0 Å². The molecule has 0 atom stereocenters. The molecule has 0 bridgehead atoms. The van der Waals surface area contributed by atoms with Gasteiger partial charge in [0.05, 0.1) is 4.92 Å². The van der Waals surface area contributed by atoms with Crippen molar-refractivity contribution in [2.75, 3.05) is 25.0 Å². The third-order valence-corrected chi connectivity index (χ3v) is 4.53. The lowest BCUT2D eigenvalue weighted by molar-refractivity contribution is -0.385. The predicted molar refractivity (Wildman–Crippen MR) is 99.4 cm³/mol. The zero-order chi connectivity index (χ0) is 18.5. The van der Waals surface area contributed by atoms with Gasteiger partial charge in [0, 0.05) is 43.3 Å². The van der Waals surface area contributed by atoms with Gasteiger partial charge < -0.3 is 10.2 Å². The van der Waals surface area contributed by atoms with Crippen LogP contribution >= 0.6 is 0 Å². The summed E-state index contributed by atoms with van der Waals surface area (Å²) in [5, 5.41) is 14.5. The number of carbonyl (C=O) groups excluding carboxylic acids is 1. The molecule has 2 aromatic rings. The van der Waals surface area contributed by atoms with Crippen molar-refractivity contribution in [2.45, 2.75) is 26.2 Å². The topological polar surface area (TPSA) is 88.4 Å². The van der Waals surface area contributed by atoms with Gasteiger partial charge in [-0.25, -0.2) is 0 Å². The molecule has 1 saturated heterocycles. The first-order valence-electron chi connectivity index (χ1n) is 8.78. The standard InChI is InChI=1S/C19H22N4O3/c1-14-4-5-15(13-21-14)8-9-20-16-6-7-18(23(25)26)17(12-16)19(24)22-10-2-3-11-22/h4-7,12-13,20H,2-3,8-11H2,1H3. The first-order valence-corrected chi connectivity index (χ1v) is 8.78. The van der Waals surface area contributed by atoms with Crippen molar-refractivity contribution < 1.29 is 9.72 Å². The number of likely N-dealkylation sites (tertiary alicyclic amines) is 1. The van der Waals surface area contributed by atoms with Gasteiger partial charge in [-0.1, -0.05) is 6.07 Å². The normalized spacial score (nSPS) is 13.7. The first-order chi connectivity index (χ1) is 12.5. The van der Waals surface area contributed by atoms with E-state index in [1.807, 2.05) is 25.3 Å². The summed E-state index contributed by atoms with van der Waals surface area (Å²) in [5.74, 6) is -0.263. The number of anilines is 1. The number of aryl methyl sites for hydroxylation is 1. The summed E-state index contributed by atoms with van der Waals surface area (Å²) in [4.78, 5) is 29.4. The number of hydrogen-bond acceptors (Lipinski definition) is 5. The molecule has 0 aliphatic carbocycles. The van der Waals surface area contributed by atoms with Gasteiger partial charge in [-0.15, -0.1) is 0 Å². The number of nitro groups is 1. The van der Waals surface area contributed by atoms with E-state index in [1.165, 1.54) is 6.07 Å². The van der Waals surface area contributed by atoms with E-state index in [4.69, 9.17) is 0 Å². The van der Waals surface area contributed by atoms with Crippen LogP contribution in [0.15, 0.2) is 36.5 Å². The monoisotopic (exact) mass is 354 g/mol. The minimum atomic E-state index is -0.495. The van der Waals surface area contributed by atoms with E-state index in [9.17, 15) is 14.9 Å². The fourth-order valence-corrected chi connectivity index (χ4v) is 3.06. The average molecular weight is 354 g/mol. The number of nitro benzene ring substituents is 1. The van der Waals surface area contributed by atoms with Crippen molar-refractivity contribution in [3.05, 3.63) is 63.5 Å². The maximum absolute atomic E-state index is 12.6. The van der Waals surface area contributed by atoms with Gasteiger partial charge in [-0.05, 0) is 49.9 Å². The molecule has 7 heteroatoms. The van der Waals surface area contributed by atoms with E-state index in [0.29, 0.717) is 25.3 Å². The molecule has 0 saturated carbocycles. The molecule has 1 aromatic heterocycles. The second kappa shape index (κ2) is 7.95. The second-order valence-electron chi connectivity index (χ2n) is 6.47. The molecule has 1 fully saturated rings. The number of amides is 1. The summed E-state index contributed by atoms with van der Waals surface area (Å²) in [6.45, 7) is 3.92. The van der Waals surface area contributed by atoms with Crippen molar-refractivity contribution in [1.29, 1.82) is 0 Å². The number of pyridine rings is 1. The van der Waals surface area contributed by atoms with Gasteiger partial charge >= 0.3 is 0 Å². The Bertz CT molecular complexity index is 799. The molecular formula is C19H22N4O3. The molecule has 1 amide bonds. The van der Waals surface area contributed by atoms with E-state index in [-0.39, 0.29) is 17.2 Å². The number of rotatable bonds is 6. The zero-order valence-electron chi connectivity index (χ0n) is 14.8. The molecule has 1 aromatic carbocycles. The first kappa shape index (κ1) is 17.8. The third kappa shape index (κ3) is 4.17. The van der Waals surface area contributed by atoms with Crippen molar-refractivity contribution in [3.8, 4) is 0 Å². The SMILES string of the molecule is Cc1ccc(CCNc2ccc([N+](=O)[O-])c(C(=O)N3CCCC3)c2)cn1. The smallest absolute Gasteiger partial charge is 0.282 e. The van der Waals surface area contributed by atoms with Crippen LogP contribution in [0.1, 0.15) is 34.5 Å². The lowest BCUT2D eigenvalue weighted by atomic mass is 10.1. The van der Waals surface area contributed by atoms with Crippen LogP contribution in [0, 0.1) is 17.0 Å². The lowest BCUT2D eigenvalue weighted by Crippen LogP contribution is -2.28. The van der Waals surface area contributed by atoms with Crippen molar-refractivity contribution in [1.82, 2.24) is 9.88 Å². The van der Waals surface area contributed by atoms with E-state index in [2.05, 4.69) is 10.3 Å². The van der Waals surface area contributed by atoms with Crippen LogP contribution in [0.2, 0.25) is 0 Å². The predicted octanol–water partition coefficient (Wildman–Crippen LogP) is 3.19. The van der Waals surface area contributed by atoms with Crippen LogP contribution in [-0.4, -0.2) is 40.3 Å². The third-order valence-electron chi connectivity index (χ3n) is 4.53. The molecule has 0 radical (unpaired) electrons. The molecule has 7 nitrogen and oxygen atoms in total. The Labute approximate surface area is 152 Å². The number of hydrogen-bond donors (Lipinski definition) is 1. The zero-order valence-corrected chi connectivity index (χ0v) is 14.8. The average Bonchev–Trinajstić information content (AvgIpc) is 3.17. The summed E-state index contributed by atoms with van der Waals surface area (Å²) in [6, 6.07) is 8.63. The maximum atomic E-state index is 12.6. The molecule has 1 N–H and O–H groups in total. The van der Waals surface area contributed by atoms with E-state index < -0.39 is 4.92 Å². The number of nitrogens with zero attached hydrogens (tertiary/aromatic N) is 3. The molecule has 1 aliphatic heterocycles. The van der Waals surface area contributed by atoms with Crippen LogP contribution in [0.5, 0.6) is 0 Å². The minimum Gasteiger partial charge on any atom is -0.385 e. The van der Waals surface area contributed by atoms with Crippen molar-refractivity contribution in [2.24, 2.45) is 0 Å². The lowest BCUT2D eigenvalue weighted by Gasteiger charge is -2.16. The number of nitrogens with one attached hydrogen (secondary N) is 1. The van der Waals surface area contributed by atoms with Gasteiger partial charge in [-0.2, -0.15) is 0 Å². The van der Waals surface area contributed by atoms with Gasteiger partial charge in [0.2, 0.25) is 0 Å². The summed E-state index contributed by atoms with van der Waals surface area (Å²) >= 11 is 0. The number of aromatic nitrogens is 1. The summed E-state index contributed by atoms with van der Waals surface area (Å²) < 4.78 is 0. The van der Waals surface area contributed by atoms with Crippen LogP contribution in [-0.2, 0) is 6.42 Å². The highest BCUT2D eigenvalue weighted by Crippen LogP contribution is 2.25. The highest BCUT2D eigenvalue weighted by Gasteiger charge is 2.26. The number of benzene rings is 1. The summed E-state index contributed by atoms with van der Waals surface area (Å²) in [7, 11) is 0. The largest absolute Gasteiger partial charge is 0.385 e. The van der Waals surface area contributed by atoms with E-state index >= 15 is 0 Å². The molecular weight excluding hydrogens is 332 g/mol. The van der Waals surface area contributed by atoms with Gasteiger partial charge in [0.25, 0.3) is 11.6 Å². The van der Waals surface area contributed by atoms with Crippen LogP contribution in [0.4, 0.5) is 11.4 Å². The van der Waals surface area contributed by atoms with Crippen LogP contribution < -0.4 is 5.32 Å². The Hall–Kier alpha value is -2.96. The van der Waals surface area contributed by atoms with Crippen LogP contribution in [0.3, 0.4) is 0 Å². The van der Waals surface area contributed by atoms with Crippen molar-refractivity contribution >= 4 is 17.3 Å². The molecule has 0 unspecified atom stereocenters.